The summed E-state index contributed by atoms with van der Waals surface area (Å²) in [6.45, 7) is 11.9. The molecule has 17 nitrogen and oxygen atoms in total. The number of carbonyl (C=O) groups is 4. The zero-order valence-corrected chi connectivity index (χ0v) is 69.8. The van der Waals surface area contributed by atoms with E-state index in [9.17, 15) is 43.2 Å². The van der Waals surface area contributed by atoms with Gasteiger partial charge in [0, 0.05) is 25.7 Å². The summed E-state index contributed by atoms with van der Waals surface area (Å²) in [6, 6.07) is 0. The van der Waals surface area contributed by atoms with Crippen LogP contribution >= 0.6 is 15.6 Å². The van der Waals surface area contributed by atoms with Crippen LogP contribution in [-0.2, 0) is 65.4 Å². The number of ether oxygens (including phenoxy) is 4. The predicted octanol–water partition coefficient (Wildman–Crippen LogP) is 25.3. The van der Waals surface area contributed by atoms with Crippen molar-refractivity contribution in [3.8, 4) is 0 Å². The van der Waals surface area contributed by atoms with Crippen LogP contribution in [0.3, 0.4) is 0 Å². The second kappa shape index (κ2) is 74.6. The maximum Gasteiger partial charge on any atom is 0.472 e. The summed E-state index contributed by atoms with van der Waals surface area (Å²) >= 11 is 0. The second-order valence-corrected chi connectivity index (χ2v) is 34.0. The Labute approximate surface area is 637 Å². The highest BCUT2D eigenvalue weighted by Gasteiger charge is 2.30. The van der Waals surface area contributed by atoms with Crippen LogP contribution in [0.2, 0.25) is 0 Å². The number of phosphoric acid groups is 2. The molecule has 0 aliphatic heterocycles. The number of phosphoric ester groups is 2. The van der Waals surface area contributed by atoms with Gasteiger partial charge in [0.1, 0.15) is 19.3 Å². The van der Waals surface area contributed by atoms with Crippen molar-refractivity contribution in [2.24, 2.45) is 17.8 Å². The first kappa shape index (κ1) is 102. The molecule has 0 saturated carbocycles. The average Bonchev–Trinajstić information content (AvgIpc) is 0.907. The van der Waals surface area contributed by atoms with Crippen LogP contribution in [0.5, 0.6) is 0 Å². The minimum absolute atomic E-state index is 0.0842. The highest BCUT2D eigenvalue weighted by Crippen LogP contribution is 2.45. The molecule has 0 aromatic carbocycles. The van der Waals surface area contributed by atoms with Crippen molar-refractivity contribution in [1.29, 1.82) is 0 Å². The Morgan fingerprint density at radius 3 is 0.856 bits per heavy atom. The van der Waals surface area contributed by atoms with Crippen LogP contribution in [0, 0.1) is 17.8 Å². The Bertz CT molecular complexity index is 2110. The molecule has 0 heterocycles. The monoisotopic (exact) mass is 1520 g/mol. The molecule has 4 unspecified atom stereocenters. The number of hydrogen-bond donors (Lipinski definition) is 3. The van der Waals surface area contributed by atoms with Crippen LogP contribution in [-0.4, -0.2) is 96.7 Å². The number of aliphatic hydroxyl groups excluding tert-OH is 1. The van der Waals surface area contributed by atoms with E-state index in [2.05, 4.69) is 72.8 Å². The summed E-state index contributed by atoms with van der Waals surface area (Å²) in [5.41, 5.74) is 0. The molecule has 0 amide bonds. The third-order valence-electron chi connectivity index (χ3n) is 19.6. The van der Waals surface area contributed by atoms with E-state index in [1.165, 1.54) is 212 Å². The van der Waals surface area contributed by atoms with E-state index in [1.54, 1.807) is 0 Å². The van der Waals surface area contributed by atoms with Gasteiger partial charge >= 0.3 is 39.5 Å². The molecule has 0 aromatic rings. The van der Waals surface area contributed by atoms with Crippen molar-refractivity contribution in [3.63, 3.8) is 0 Å². The lowest BCUT2D eigenvalue weighted by molar-refractivity contribution is -0.161. The van der Waals surface area contributed by atoms with Crippen molar-refractivity contribution in [1.82, 2.24) is 0 Å². The van der Waals surface area contributed by atoms with Gasteiger partial charge in [0.15, 0.2) is 12.2 Å². The topological polar surface area (TPSA) is 237 Å². The third-order valence-corrected chi connectivity index (χ3v) is 21.5. The zero-order valence-electron chi connectivity index (χ0n) is 68.0. The van der Waals surface area contributed by atoms with Gasteiger partial charge in [0.25, 0.3) is 0 Å². The van der Waals surface area contributed by atoms with E-state index >= 15 is 0 Å². The average molecular weight is 1520 g/mol. The van der Waals surface area contributed by atoms with Gasteiger partial charge in [0.05, 0.1) is 26.4 Å². The number of rotatable bonds is 81. The van der Waals surface area contributed by atoms with Gasteiger partial charge in [-0.3, -0.25) is 37.3 Å². The quantitative estimate of drug-likeness (QED) is 0.0169. The van der Waals surface area contributed by atoms with Gasteiger partial charge in [-0.1, -0.05) is 368 Å². The van der Waals surface area contributed by atoms with Gasteiger partial charge in [-0.2, -0.15) is 0 Å². The van der Waals surface area contributed by atoms with Crippen molar-refractivity contribution in [2.75, 3.05) is 39.6 Å². The fraction of sp³-hybridized carbons (Fsp3) is 0.906. The largest absolute Gasteiger partial charge is 0.472 e. The van der Waals surface area contributed by atoms with Crippen molar-refractivity contribution < 1.29 is 80.2 Å². The van der Waals surface area contributed by atoms with Gasteiger partial charge in [0.2, 0.25) is 0 Å². The van der Waals surface area contributed by atoms with E-state index in [-0.39, 0.29) is 25.7 Å². The van der Waals surface area contributed by atoms with E-state index in [0.29, 0.717) is 31.6 Å². The van der Waals surface area contributed by atoms with Crippen molar-refractivity contribution in [3.05, 3.63) is 24.3 Å². The molecule has 0 rings (SSSR count). The summed E-state index contributed by atoms with van der Waals surface area (Å²) in [7, 11) is -9.94. The highest BCUT2D eigenvalue weighted by molar-refractivity contribution is 7.47. The maximum atomic E-state index is 13.1. The van der Waals surface area contributed by atoms with E-state index in [0.717, 1.165) is 121 Å². The fourth-order valence-electron chi connectivity index (χ4n) is 12.6. The SMILES string of the molecule is CCCCCC/C=C\C=C/CCCCCCCC(=O)O[C@H](COC(=O)CCCCCCCCCC(C)C)COP(=O)(O)OCC(O)COP(=O)(O)OC[C@@H](COC(=O)CCCCCCCCCCCCCCCCCCCCC(C)C)OC(=O)CCCCCCCCCCCCCCCCC(C)CC. The Kier molecular flexibility index (Phi) is 72.9. The summed E-state index contributed by atoms with van der Waals surface area (Å²) in [5.74, 6) is 0.230. The number of carbonyl (C=O) groups excluding carboxylic acids is 4. The molecule has 0 aromatic heterocycles. The maximum absolute atomic E-state index is 13.1. The molecule has 104 heavy (non-hydrogen) atoms. The van der Waals surface area contributed by atoms with Gasteiger partial charge in [-0.25, -0.2) is 9.13 Å². The molecule has 0 radical (unpaired) electrons. The Morgan fingerprint density at radius 2 is 0.567 bits per heavy atom. The van der Waals surface area contributed by atoms with Gasteiger partial charge in [-0.05, 0) is 69.1 Å². The molecule has 0 aliphatic carbocycles. The predicted molar refractivity (Wildman–Crippen MR) is 427 cm³/mol. The normalized spacial score (nSPS) is 14.3. The summed E-state index contributed by atoms with van der Waals surface area (Å²) in [5, 5.41) is 10.7. The molecule has 0 fully saturated rings. The van der Waals surface area contributed by atoms with Crippen LogP contribution in [0.25, 0.3) is 0 Å². The third kappa shape index (κ3) is 76.3. The van der Waals surface area contributed by atoms with E-state index in [1.807, 2.05) is 0 Å². The lowest BCUT2D eigenvalue weighted by Crippen LogP contribution is -2.30. The first-order chi connectivity index (χ1) is 50.3. The minimum atomic E-state index is -4.97. The Balaban J connectivity index is 5.25. The van der Waals surface area contributed by atoms with Crippen LogP contribution in [0.4, 0.5) is 0 Å². The molecule has 3 N–H and O–H groups in total. The van der Waals surface area contributed by atoms with E-state index < -0.39 is 97.5 Å². The first-order valence-electron chi connectivity index (χ1n) is 43.2. The lowest BCUT2D eigenvalue weighted by Gasteiger charge is -2.21. The molecular weight excluding hydrogens is 1350 g/mol. The van der Waals surface area contributed by atoms with Gasteiger partial charge in [-0.15, -0.1) is 0 Å². The molecule has 0 aliphatic rings. The summed E-state index contributed by atoms with van der Waals surface area (Å²) in [4.78, 5) is 73.1. The Hall–Kier alpha value is -2.46. The number of esters is 4. The number of allylic oxidation sites excluding steroid dienone is 4. The number of unbranched alkanes of at least 4 members (excludes halogenated alkanes) is 45. The summed E-state index contributed by atoms with van der Waals surface area (Å²) in [6.07, 6.45) is 67.5. The number of hydrogen-bond acceptors (Lipinski definition) is 15. The first-order valence-corrected chi connectivity index (χ1v) is 46.2. The molecule has 0 saturated heterocycles. The van der Waals surface area contributed by atoms with Crippen LogP contribution < -0.4 is 0 Å². The van der Waals surface area contributed by atoms with Crippen molar-refractivity contribution in [2.45, 2.75) is 439 Å². The molecule has 0 bridgehead atoms. The highest BCUT2D eigenvalue weighted by atomic mass is 31.2. The molecule has 6 atom stereocenters. The molecule has 0 spiro atoms. The molecule has 19 heteroatoms. The second-order valence-electron chi connectivity index (χ2n) is 31.1. The summed E-state index contributed by atoms with van der Waals surface area (Å²) < 4.78 is 68.8. The molecule has 614 valence electrons. The minimum Gasteiger partial charge on any atom is -0.462 e. The zero-order chi connectivity index (χ0) is 76.5. The fourth-order valence-corrected chi connectivity index (χ4v) is 14.2. The smallest absolute Gasteiger partial charge is 0.462 e. The Morgan fingerprint density at radius 1 is 0.317 bits per heavy atom. The van der Waals surface area contributed by atoms with Crippen LogP contribution in [0.1, 0.15) is 421 Å². The van der Waals surface area contributed by atoms with Crippen molar-refractivity contribution >= 4 is 39.5 Å². The van der Waals surface area contributed by atoms with E-state index in [4.69, 9.17) is 37.0 Å². The van der Waals surface area contributed by atoms with Gasteiger partial charge < -0.3 is 33.8 Å². The number of aliphatic hydroxyl groups is 1. The molecular formula is C85H162O17P2. The van der Waals surface area contributed by atoms with Crippen LogP contribution in [0.15, 0.2) is 24.3 Å². The standard InChI is InChI=1S/C85H162O17P2/c1-8-10-11-12-13-14-15-16-21-29-34-39-46-54-61-68-85(90)102-81(73-96-83(88)67-60-53-48-41-43-50-57-64-77(5)6)75-100-104(93,94)98-71-79(86)70-97-103(91,92)99-74-80(101-84(89)69-62-55-47-40-35-30-25-24-27-32-37-44-51-58-65-78(7)9-2)72-95-82(87)66-59-52-45-38-33-28-23-20-18-17-19-22-26-31-36-42-49-56-63-76(3)4/h14-16,21,76-81,86H,8-13,17-20,22-75H2,1-7H3,(H,91,92)(H,93,94)/b15-14-,21-16-/t78?,79?,80-,81-/m1/s1. The lowest BCUT2D eigenvalue weighted by atomic mass is 9.99.